The standard InChI is InChI=1S/C19H28N2O2/c1-23-17-7-3-2-6-16(17)19(11-4-5-12-19)14-21-15-8-9-18(22)20-13-10-15/h2-3,6-7,15,21H,4-5,8-14H2,1H3,(H,20,22). The van der Waals surface area contributed by atoms with E-state index >= 15 is 0 Å². The monoisotopic (exact) mass is 316 g/mol. The highest BCUT2D eigenvalue weighted by Gasteiger charge is 2.38. The van der Waals surface area contributed by atoms with Gasteiger partial charge >= 0.3 is 0 Å². The van der Waals surface area contributed by atoms with Gasteiger partial charge in [0.15, 0.2) is 0 Å². The summed E-state index contributed by atoms with van der Waals surface area (Å²) in [5.74, 6) is 1.20. The smallest absolute Gasteiger partial charge is 0.220 e. The molecule has 2 N–H and O–H groups in total. The molecule has 2 aliphatic rings. The van der Waals surface area contributed by atoms with E-state index in [9.17, 15) is 4.79 Å². The Labute approximate surface area is 139 Å². The predicted octanol–water partition coefficient (Wildman–Crippen LogP) is 2.77. The highest BCUT2D eigenvalue weighted by molar-refractivity contribution is 5.76. The largest absolute Gasteiger partial charge is 0.496 e. The van der Waals surface area contributed by atoms with Gasteiger partial charge in [0.1, 0.15) is 5.75 Å². The van der Waals surface area contributed by atoms with Crippen LogP contribution in [0.15, 0.2) is 24.3 Å². The van der Waals surface area contributed by atoms with E-state index < -0.39 is 0 Å². The first-order valence-electron chi connectivity index (χ1n) is 8.87. The molecule has 1 atom stereocenters. The first-order valence-corrected chi connectivity index (χ1v) is 8.87. The van der Waals surface area contributed by atoms with Gasteiger partial charge in [0.25, 0.3) is 0 Å². The first kappa shape index (κ1) is 16.3. The SMILES string of the molecule is COc1ccccc1C1(CNC2CCNC(=O)CC2)CCCC1. The summed E-state index contributed by atoms with van der Waals surface area (Å²) in [4.78, 5) is 11.5. The van der Waals surface area contributed by atoms with E-state index in [4.69, 9.17) is 4.74 Å². The number of carbonyl (C=O) groups is 1. The van der Waals surface area contributed by atoms with Crippen LogP contribution in [0.3, 0.4) is 0 Å². The zero-order chi connectivity index (χ0) is 16.1. The van der Waals surface area contributed by atoms with Crippen molar-refractivity contribution >= 4 is 5.91 Å². The van der Waals surface area contributed by atoms with Gasteiger partial charge in [-0.3, -0.25) is 4.79 Å². The number of para-hydroxylation sites is 1. The molecule has 1 unspecified atom stereocenters. The third-order valence-corrected chi connectivity index (χ3v) is 5.50. The maximum Gasteiger partial charge on any atom is 0.220 e. The summed E-state index contributed by atoms with van der Waals surface area (Å²) < 4.78 is 5.63. The summed E-state index contributed by atoms with van der Waals surface area (Å²) >= 11 is 0. The predicted molar refractivity (Wildman–Crippen MR) is 91.8 cm³/mol. The molecule has 2 fully saturated rings. The van der Waals surface area contributed by atoms with Gasteiger partial charge in [-0.25, -0.2) is 0 Å². The van der Waals surface area contributed by atoms with Gasteiger partial charge in [0, 0.05) is 36.5 Å². The highest BCUT2D eigenvalue weighted by Crippen LogP contribution is 2.44. The molecular weight excluding hydrogens is 288 g/mol. The van der Waals surface area contributed by atoms with Crippen molar-refractivity contribution in [3.05, 3.63) is 29.8 Å². The fourth-order valence-corrected chi connectivity index (χ4v) is 4.14. The molecule has 4 heteroatoms. The van der Waals surface area contributed by atoms with Crippen LogP contribution < -0.4 is 15.4 Å². The van der Waals surface area contributed by atoms with Crippen molar-refractivity contribution in [3.8, 4) is 5.75 Å². The lowest BCUT2D eigenvalue weighted by Crippen LogP contribution is -2.41. The van der Waals surface area contributed by atoms with Gasteiger partial charge in [0.2, 0.25) is 5.91 Å². The maximum absolute atomic E-state index is 11.5. The van der Waals surface area contributed by atoms with Crippen molar-refractivity contribution in [1.29, 1.82) is 0 Å². The molecule has 1 saturated heterocycles. The molecular formula is C19H28N2O2. The lowest BCUT2D eigenvalue weighted by atomic mass is 9.78. The number of rotatable bonds is 5. The Bertz CT molecular complexity index is 538. The van der Waals surface area contributed by atoms with Crippen LogP contribution in [0.25, 0.3) is 0 Å². The van der Waals surface area contributed by atoms with E-state index in [2.05, 4.69) is 28.8 Å². The average Bonchev–Trinajstić information content (AvgIpc) is 2.97. The minimum atomic E-state index is 0.177. The molecule has 1 heterocycles. The zero-order valence-electron chi connectivity index (χ0n) is 14.1. The molecule has 0 radical (unpaired) electrons. The summed E-state index contributed by atoms with van der Waals surface area (Å²) in [6, 6.07) is 8.89. The van der Waals surface area contributed by atoms with Crippen LogP contribution in [-0.4, -0.2) is 32.1 Å². The Morgan fingerprint density at radius 1 is 1.26 bits per heavy atom. The van der Waals surface area contributed by atoms with Crippen molar-refractivity contribution in [1.82, 2.24) is 10.6 Å². The van der Waals surface area contributed by atoms with Gasteiger partial charge in [-0.1, -0.05) is 31.0 Å². The van der Waals surface area contributed by atoms with Crippen molar-refractivity contribution in [2.45, 2.75) is 56.4 Å². The first-order chi connectivity index (χ1) is 11.2. The summed E-state index contributed by atoms with van der Waals surface area (Å²) in [6.45, 7) is 1.77. The van der Waals surface area contributed by atoms with E-state index in [1.165, 1.54) is 31.2 Å². The molecule has 1 aromatic carbocycles. The minimum absolute atomic E-state index is 0.177. The van der Waals surface area contributed by atoms with Gasteiger partial charge in [0.05, 0.1) is 7.11 Å². The number of amides is 1. The Morgan fingerprint density at radius 2 is 2.04 bits per heavy atom. The molecule has 0 aromatic heterocycles. The van der Waals surface area contributed by atoms with Gasteiger partial charge in [-0.15, -0.1) is 0 Å². The van der Waals surface area contributed by atoms with Gasteiger partial charge < -0.3 is 15.4 Å². The molecule has 3 rings (SSSR count). The lowest BCUT2D eigenvalue weighted by Gasteiger charge is -2.33. The summed E-state index contributed by atoms with van der Waals surface area (Å²) in [7, 11) is 1.76. The van der Waals surface area contributed by atoms with E-state index in [-0.39, 0.29) is 11.3 Å². The maximum atomic E-state index is 11.5. The average molecular weight is 316 g/mol. The fourth-order valence-electron chi connectivity index (χ4n) is 4.14. The molecule has 0 spiro atoms. The Hall–Kier alpha value is -1.55. The van der Waals surface area contributed by atoms with Crippen LogP contribution in [0.2, 0.25) is 0 Å². The molecule has 1 aliphatic heterocycles. The summed E-state index contributed by atoms with van der Waals surface area (Å²) in [5.41, 5.74) is 1.52. The van der Waals surface area contributed by atoms with Gasteiger partial charge in [-0.05, 0) is 31.7 Å². The zero-order valence-corrected chi connectivity index (χ0v) is 14.1. The number of ether oxygens (including phenoxy) is 1. The molecule has 23 heavy (non-hydrogen) atoms. The molecule has 4 nitrogen and oxygen atoms in total. The lowest BCUT2D eigenvalue weighted by molar-refractivity contribution is -0.120. The summed E-state index contributed by atoms with van der Waals surface area (Å²) in [6.07, 6.45) is 7.59. The van der Waals surface area contributed by atoms with Crippen molar-refractivity contribution in [2.75, 3.05) is 20.2 Å². The number of carbonyl (C=O) groups excluding carboxylic acids is 1. The number of benzene rings is 1. The summed E-state index contributed by atoms with van der Waals surface area (Å²) in [5, 5.41) is 6.73. The topological polar surface area (TPSA) is 50.4 Å². The molecule has 1 amide bonds. The van der Waals surface area contributed by atoms with Crippen molar-refractivity contribution in [3.63, 3.8) is 0 Å². The Morgan fingerprint density at radius 3 is 2.83 bits per heavy atom. The number of methoxy groups -OCH3 is 1. The van der Waals surface area contributed by atoms with Crippen LogP contribution in [0, 0.1) is 0 Å². The van der Waals surface area contributed by atoms with Crippen molar-refractivity contribution in [2.24, 2.45) is 0 Å². The van der Waals surface area contributed by atoms with Crippen LogP contribution in [-0.2, 0) is 10.2 Å². The Balaban J connectivity index is 1.72. The third kappa shape index (κ3) is 3.69. The van der Waals surface area contributed by atoms with Crippen LogP contribution in [0.5, 0.6) is 5.75 Å². The fraction of sp³-hybridized carbons (Fsp3) is 0.632. The number of hydrogen-bond donors (Lipinski definition) is 2. The second-order valence-electron chi connectivity index (χ2n) is 6.94. The van der Waals surface area contributed by atoms with Crippen LogP contribution >= 0.6 is 0 Å². The molecule has 1 aromatic rings. The molecule has 0 bridgehead atoms. The minimum Gasteiger partial charge on any atom is -0.496 e. The van der Waals surface area contributed by atoms with Gasteiger partial charge in [-0.2, -0.15) is 0 Å². The van der Waals surface area contributed by atoms with E-state index in [1.54, 1.807) is 7.11 Å². The second-order valence-corrected chi connectivity index (χ2v) is 6.94. The highest BCUT2D eigenvalue weighted by atomic mass is 16.5. The second kappa shape index (κ2) is 7.35. The normalized spacial score (nSPS) is 24.0. The quantitative estimate of drug-likeness (QED) is 0.878. The van der Waals surface area contributed by atoms with E-state index in [0.717, 1.165) is 31.7 Å². The van der Waals surface area contributed by atoms with Crippen LogP contribution in [0.4, 0.5) is 0 Å². The molecule has 126 valence electrons. The third-order valence-electron chi connectivity index (χ3n) is 5.50. The van der Waals surface area contributed by atoms with Crippen molar-refractivity contribution < 1.29 is 9.53 Å². The molecule has 1 saturated carbocycles. The molecule has 1 aliphatic carbocycles. The number of nitrogens with one attached hydrogen (secondary N) is 2. The van der Waals surface area contributed by atoms with E-state index in [0.29, 0.717) is 12.5 Å². The number of hydrogen-bond acceptors (Lipinski definition) is 3. The van der Waals surface area contributed by atoms with Crippen LogP contribution in [0.1, 0.15) is 50.5 Å². The Kier molecular flexibility index (Phi) is 5.21. The van der Waals surface area contributed by atoms with E-state index in [1.807, 2.05) is 6.07 Å².